The molecule has 0 radical (unpaired) electrons. The minimum absolute atomic E-state index is 0.0420. The lowest BCUT2D eigenvalue weighted by Crippen LogP contribution is -2.49. The van der Waals surface area contributed by atoms with Gasteiger partial charge in [0.1, 0.15) is 5.75 Å². The molecule has 1 saturated heterocycles. The van der Waals surface area contributed by atoms with Crippen LogP contribution in [0, 0.1) is 0 Å². The molecule has 1 heterocycles. The second-order valence-corrected chi connectivity index (χ2v) is 9.89. The molecule has 26 heavy (non-hydrogen) atoms. The normalized spacial score (nSPS) is 23.4. The zero-order valence-electron chi connectivity index (χ0n) is 15.1. The highest BCUT2D eigenvalue weighted by molar-refractivity contribution is 7.90. The fraction of sp³-hybridized carbons (Fsp3) is 0.632. The lowest BCUT2D eigenvalue weighted by Gasteiger charge is -2.32. The molecule has 6 nitrogen and oxygen atoms in total. The number of nitrogens with zero attached hydrogens (tertiary/aromatic N) is 1. The molecule has 1 amide bonds. The van der Waals surface area contributed by atoms with Gasteiger partial charge in [-0.3, -0.25) is 4.79 Å². The van der Waals surface area contributed by atoms with E-state index in [1.165, 1.54) is 0 Å². The molecule has 0 bridgehead atoms. The maximum atomic E-state index is 13.0. The van der Waals surface area contributed by atoms with Crippen LogP contribution in [0.1, 0.15) is 44.1 Å². The van der Waals surface area contributed by atoms with Gasteiger partial charge in [0.2, 0.25) is 15.9 Å². The van der Waals surface area contributed by atoms with Gasteiger partial charge in [-0.25, -0.2) is 12.7 Å². The Balaban J connectivity index is 1.39. The summed E-state index contributed by atoms with van der Waals surface area (Å²) in [6, 6.07) is 7.75. The molecule has 1 aliphatic heterocycles. The average molecular weight is 378 g/mol. The van der Waals surface area contributed by atoms with Gasteiger partial charge >= 0.3 is 0 Å². The number of hydrogen-bond donors (Lipinski definition) is 1. The van der Waals surface area contributed by atoms with E-state index in [1.807, 2.05) is 24.3 Å². The van der Waals surface area contributed by atoms with Crippen LogP contribution in [0.3, 0.4) is 0 Å². The molecular weight excluding hydrogens is 352 g/mol. The monoisotopic (exact) mass is 378 g/mol. The molecule has 3 fully saturated rings. The number of rotatable bonds is 6. The number of methoxy groups -OCH3 is 1. The predicted molar refractivity (Wildman–Crippen MR) is 98.6 cm³/mol. The highest BCUT2D eigenvalue weighted by atomic mass is 32.2. The number of amides is 1. The largest absolute Gasteiger partial charge is 0.496 e. The van der Waals surface area contributed by atoms with Gasteiger partial charge in [-0.2, -0.15) is 0 Å². The molecule has 1 aromatic carbocycles. The van der Waals surface area contributed by atoms with Crippen molar-refractivity contribution in [3.63, 3.8) is 0 Å². The molecule has 4 rings (SSSR count). The molecule has 3 aliphatic rings. The van der Waals surface area contributed by atoms with Crippen molar-refractivity contribution in [3.8, 4) is 5.75 Å². The standard InChI is InChI=1S/C19H26N2O4S/c1-25-17-5-3-2-4-16(17)19(10-11-19)18(22)20-14-8-12-21(13-9-14)26(23,24)15-6-7-15/h2-5,14-15H,6-13H2,1H3,(H,20,22). The van der Waals surface area contributed by atoms with E-state index in [4.69, 9.17) is 4.74 Å². The second kappa shape index (κ2) is 6.53. The summed E-state index contributed by atoms with van der Waals surface area (Å²) in [6.07, 6.45) is 4.60. The lowest BCUT2D eigenvalue weighted by molar-refractivity contribution is -0.124. The molecule has 7 heteroatoms. The Morgan fingerprint density at radius 2 is 1.81 bits per heavy atom. The zero-order valence-corrected chi connectivity index (χ0v) is 15.9. The molecule has 1 N–H and O–H groups in total. The summed E-state index contributed by atoms with van der Waals surface area (Å²) < 4.78 is 31.7. The van der Waals surface area contributed by atoms with E-state index in [0.29, 0.717) is 25.9 Å². The number of carbonyl (C=O) groups is 1. The Morgan fingerprint density at radius 3 is 2.38 bits per heavy atom. The van der Waals surface area contributed by atoms with Crippen LogP contribution in [-0.2, 0) is 20.2 Å². The van der Waals surface area contributed by atoms with E-state index in [0.717, 1.165) is 37.0 Å². The highest BCUT2D eigenvalue weighted by Gasteiger charge is 2.53. The number of hydrogen-bond acceptors (Lipinski definition) is 4. The maximum absolute atomic E-state index is 13.0. The Kier molecular flexibility index (Phi) is 4.47. The minimum Gasteiger partial charge on any atom is -0.496 e. The van der Waals surface area contributed by atoms with E-state index < -0.39 is 15.4 Å². The first-order valence-electron chi connectivity index (χ1n) is 9.41. The summed E-state index contributed by atoms with van der Waals surface area (Å²) in [5, 5.41) is 3.01. The predicted octanol–water partition coefficient (Wildman–Crippen LogP) is 1.80. The molecule has 1 aromatic rings. The minimum atomic E-state index is -3.10. The Hall–Kier alpha value is -1.60. The van der Waals surface area contributed by atoms with Crippen LogP contribution in [0.4, 0.5) is 0 Å². The lowest BCUT2D eigenvalue weighted by atomic mass is 9.93. The van der Waals surface area contributed by atoms with Crippen molar-refractivity contribution in [3.05, 3.63) is 29.8 Å². The summed E-state index contributed by atoms with van der Waals surface area (Å²) in [6.45, 7) is 1.01. The number of ether oxygens (including phenoxy) is 1. The summed E-state index contributed by atoms with van der Waals surface area (Å²) in [7, 11) is -1.48. The number of nitrogens with one attached hydrogen (secondary N) is 1. The van der Waals surface area contributed by atoms with Crippen molar-refractivity contribution < 1.29 is 17.9 Å². The Labute approximate surface area is 155 Å². The van der Waals surface area contributed by atoms with Crippen LogP contribution in [0.15, 0.2) is 24.3 Å². The topological polar surface area (TPSA) is 75.7 Å². The fourth-order valence-electron chi connectivity index (χ4n) is 3.94. The average Bonchev–Trinajstić information content (AvgIpc) is 3.55. The Bertz CT molecular complexity index is 792. The molecule has 2 saturated carbocycles. The third kappa shape index (κ3) is 3.11. The summed E-state index contributed by atoms with van der Waals surface area (Å²) in [5.74, 6) is 0.802. The van der Waals surface area contributed by atoms with Gasteiger partial charge in [0, 0.05) is 24.7 Å². The van der Waals surface area contributed by atoms with Crippen molar-refractivity contribution in [2.24, 2.45) is 0 Å². The van der Waals surface area contributed by atoms with E-state index in [2.05, 4.69) is 5.32 Å². The van der Waals surface area contributed by atoms with Crippen molar-refractivity contribution in [2.45, 2.75) is 55.2 Å². The van der Waals surface area contributed by atoms with Gasteiger partial charge in [-0.15, -0.1) is 0 Å². The highest BCUT2D eigenvalue weighted by Crippen LogP contribution is 2.51. The molecule has 0 unspecified atom stereocenters. The smallest absolute Gasteiger partial charge is 0.231 e. The van der Waals surface area contributed by atoms with Gasteiger partial charge in [0.15, 0.2) is 0 Å². The summed E-state index contributed by atoms with van der Waals surface area (Å²) >= 11 is 0. The van der Waals surface area contributed by atoms with Gasteiger partial charge in [-0.1, -0.05) is 18.2 Å². The van der Waals surface area contributed by atoms with Crippen LogP contribution in [-0.4, -0.2) is 50.1 Å². The van der Waals surface area contributed by atoms with Crippen molar-refractivity contribution in [1.29, 1.82) is 0 Å². The number of piperidine rings is 1. The van der Waals surface area contributed by atoms with Gasteiger partial charge in [-0.05, 0) is 44.6 Å². The number of sulfonamides is 1. The first-order chi connectivity index (χ1) is 12.5. The van der Waals surface area contributed by atoms with Gasteiger partial charge < -0.3 is 10.1 Å². The van der Waals surface area contributed by atoms with E-state index in [9.17, 15) is 13.2 Å². The van der Waals surface area contributed by atoms with E-state index in [1.54, 1.807) is 11.4 Å². The van der Waals surface area contributed by atoms with Gasteiger partial charge in [0.25, 0.3) is 0 Å². The Morgan fingerprint density at radius 1 is 1.15 bits per heavy atom. The third-order valence-electron chi connectivity index (χ3n) is 5.90. The fourth-order valence-corrected chi connectivity index (χ4v) is 5.81. The van der Waals surface area contributed by atoms with Crippen molar-refractivity contribution in [1.82, 2.24) is 9.62 Å². The maximum Gasteiger partial charge on any atom is 0.231 e. The molecule has 0 spiro atoms. The molecular formula is C19H26N2O4S. The van der Waals surface area contributed by atoms with Crippen LogP contribution in [0.25, 0.3) is 0 Å². The van der Waals surface area contributed by atoms with E-state index in [-0.39, 0.29) is 17.2 Å². The number of benzene rings is 1. The van der Waals surface area contributed by atoms with Crippen molar-refractivity contribution in [2.75, 3.05) is 20.2 Å². The number of para-hydroxylation sites is 1. The molecule has 0 aromatic heterocycles. The molecule has 2 aliphatic carbocycles. The van der Waals surface area contributed by atoms with Crippen LogP contribution in [0.2, 0.25) is 0 Å². The van der Waals surface area contributed by atoms with E-state index >= 15 is 0 Å². The summed E-state index contributed by atoms with van der Waals surface area (Å²) in [4.78, 5) is 13.0. The van der Waals surface area contributed by atoms with Gasteiger partial charge in [0.05, 0.1) is 17.8 Å². The molecule has 0 atom stereocenters. The second-order valence-electron chi connectivity index (χ2n) is 7.67. The first-order valence-corrected chi connectivity index (χ1v) is 10.9. The number of carbonyl (C=O) groups excluding carboxylic acids is 1. The van der Waals surface area contributed by atoms with Crippen LogP contribution >= 0.6 is 0 Å². The SMILES string of the molecule is COc1ccccc1C1(C(=O)NC2CCN(S(=O)(=O)C3CC3)CC2)CC1. The van der Waals surface area contributed by atoms with Crippen LogP contribution in [0.5, 0.6) is 5.75 Å². The molecule has 142 valence electrons. The summed E-state index contributed by atoms with van der Waals surface area (Å²) in [5.41, 5.74) is 0.470. The van der Waals surface area contributed by atoms with Crippen LogP contribution < -0.4 is 10.1 Å². The first kappa shape index (κ1) is 17.8. The third-order valence-corrected chi connectivity index (χ3v) is 8.30. The zero-order chi connectivity index (χ0) is 18.4. The quantitative estimate of drug-likeness (QED) is 0.819. The van der Waals surface area contributed by atoms with Crippen molar-refractivity contribution >= 4 is 15.9 Å².